The second-order valence-corrected chi connectivity index (χ2v) is 5.53. The van der Waals surface area contributed by atoms with Crippen molar-refractivity contribution in [3.8, 4) is 11.3 Å². The second kappa shape index (κ2) is 4.85. The third-order valence-electron chi connectivity index (χ3n) is 4.21. The smallest absolute Gasteiger partial charge is 0.192 e. The molecule has 106 valence electrons. The summed E-state index contributed by atoms with van der Waals surface area (Å²) in [7, 11) is 0. The molecule has 1 N–H and O–H groups in total. The lowest BCUT2D eigenvalue weighted by molar-refractivity contribution is 1.30. The van der Waals surface area contributed by atoms with Crippen molar-refractivity contribution in [2.45, 2.75) is 6.92 Å². The first-order valence-corrected chi connectivity index (χ1v) is 7.35. The lowest BCUT2D eigenvalue weighted by Gasteiger charge is -2.11. The molecule has 0 radical (unpaired) electrons. The number of nitrogens with one attached hydrogen (secondary N) is 1. The molecule has 2 heteroatoms. The molecule has 4 aromatic rings. The monoisotopic (exact) mass is 285 g/mol. The van der Waals surface area contributed by atoms with Crippen LogP contribution in [-0.4, -0.2) is 4.98 Å². The van der Waals surface area contributed by atoms with E-state index in [1.165, 1.54) is 5.39 Å². The molecule has 0 saturated heterocycles. The molecule has 1 aromatic heterocycles. The van der Waals surface area contributed by atoms with Crippen molar-refractivity contribution in [3.05, 3.63) is 82.5 Å². The predicted molar refractivity (Wildman–Crippen MR) is 92.2 cm³/mol. The van der Waals surface area contributed by atoms with Crippen molar-refractivity contribution in [1.29, 1.82) is 0 Å². The highest BCUT2D eigenvalue weighted by Gasteiger charge is 2.11. The summed E-state index contributed by atoms with van der Waals surface area (Å²) in [5.41, 5.74) is 3.70. The first-order valence-electron chi connectivity index (χ1n) is 7.35. The summed E-state index contributed by atoms with van der Waals surface area (Å²) in [6.07, 6.45) is 0. The van der Waals surface area contributed by atoms with Gasteiger partial charge in [0.15, 0.2) is 5.43 Å². The molecule has 0 aliphatic heterocycles. The number of para-hydroxylation sites is 1. The van der Waals surface area contributed by atoms with Gasteiger partial charge in [0.2, 0.25) is 0 Å². The molecule has 0 fully saturated rings. The highest BCUT2D eigenvalue weighted by Crippen LogP contribution is 2.29. The standard InChI is InChI=1S/C20H15NO/c1-13-19(21-18-12-5-4-10-17(18)20(13)22)16-11-6-8-14-7-2-3-9-15(14)16/h2-12H,1H3,(H,21,22). The van der Waals surface area contributed by atoms with Gasteiger partial charge in [0.1, 0.15) is 0 Å². The van der Waals surface area contributed by atoms with Gasteiger partial charge in [-0.25, -0.2) is 0 Å². The van der Waals surface area contributed by atoms with E-state index in [4.69, 9.17) is 0 Å². The Bertz CT molecular complexity index is 1050. The van der Waals surface area contributed by atoms with Crippen LogP contribution in [0.5, 0.6) is 0 Å². The summed E-state index contributed by atoms with van der Waals surface area (Å²) in [6, 6.07) is 22.1. The molecule has 0 atom stereocenters. The fourth-order valence-electron chi connectivity index (χ4n) is 3.05. The van der Waals surface area contributed by atoms with E-state index < -0.39 is 0 Å². The van der Waals surface area contributed by atoms with Gasteiger partial charge in [-0.15, -0.1) is 0 Å². The van der Waals surface area contributed by atoms with Gasteiger partial charge in [-0.2, -0.15) is 0 Å². The van der Waals surface area contributed by atoms with Crippen molar-refractivity contribution in [2.24, 2.45) is 0 Å². The molecule has 1 heterocycles. The zero-order valence-corrected chi connectivity index (χ0v) is 12.3. The van der Waals surface area contributed by atoms with E-state index in [0.29, 0.717) is 0 Å². The summed E-state index contributed by atoms with van der Waals surface area (Å²) in [5, 5.41) is 3.07. The summed E-state index contributed by atoms with van der Waals surface area (Å²) in [6.45, 7) is 1.89. The Labute approximate surface area is 128 Å². The molecule has 0 spiro atoms. The van der Waals surface area contributed by atoms with Crippen LogP contribution < -0.4 is 5.43 Å². The van der Waals surface area contributed by atoms with Crippen LogP contribution in [0.3, 0.4) is 0 Å². The summed E-state index contributed by atoms with van der Waals surface area (Å²) in [5.74, 6) is 0. The molecule has 0 amide bonds. The zero-order chi connectivity index (χ0) is 15.1. The fourth-order valence-corrected chi connectivity index (χ4v) is 3.05. The largest absolute Gasteiger partial charge is 0.354 e. The molecule has 0 unspecified atom stereocenters. The van der Waals surface area contributed by atoms with Crippen LogP contribution in [0.25, 0.3) is 32.9 Å². The average molecular weight is 285 g/mol. The van der Waals surface area contributed by atoms with E-state index in [0.717, 1.165) is 33.1 Å². The van der Waals surface area contributed by atoms with E-state index in [1.54, 1.807) is 0 Å². The van der Waals surface area contributed by atoms with Crippen LogP contribution in [0.15, 0.2) is 71.5 Å². The Hall–Kier alpha value is -2.87. The van der Waals surface area contributed by atoms with Crippen LogP contribution in [0.2, 0.25) is 0 Å². The normalized spacial score (nSPS) is 11.1. The molecule has 0 aliphatic carbocycles. The molecule has 0 bridgehead atoms. The van der Waals surface area contributed by atoms with Crippen LogP contribution in [0.1, 0.15) is 5.56 Å². The number of aromatic amines is 1. The van der Waals surface area contributed by atoms with E-state index in [9.17, 15) is 4.79 Å². The Kier molecular flexibility index (Phi) is 2.83. The number of benzene rings is 3. The number of pyridine rings is 1. The summed E-state index contributed by atoms with van der Waals surface area (Å²) < 4.78 is 0. The van der Waals surface area contributed by atoms with E-state index >= 15 is 0 Å². The maximum Gasteiger partial charge on any atom is 0.192 e. The van der Waals surface area contributed by atoms with E-state index in [-0.39, 0.29) is 5.43 Å². The van der Waals surface area contributed by atoms with Crippen molar-refractivity contribution >= 4 is 21.7 Å². The van der Waals surface area contributed by atoms with Gasteiger partial charge in [0.25, 0.3) is 0 Å². The number of fused-ring (bicyclic) bond motifs is 2. The first-order chi connectivity index (χ1) is 10.8. The van der Waals surface area contributed by atoms with Crippen LogP contribution in [0, 0.1) is 6.92 Å². The highest BCUT2D eigenvalue weighted by molar-refractivity contribution is 5.97. The fraction of sp³-hybridized carbons (Fsp3) is 0.0500. The highest BCUT2D eigenvalue weighted by atomic mass is 16.1. The minimum absolute atomic E-state index is 0.0947. The van der Waals surface area contributed by atoms with Gasteiger partial charge >= 0.3 is 0 Å². The Morgan fingerprint density at radius 2 is 1.45 bits per heavy atom. The van der Waals surface area contributed by atoms with Crippen LogP contribution >= 0.6 is 0 Å². The van der Waals surface area contributed by atoms with Crippen LogP contribution in [-0.2, 0) is 0 Å². The number of hydrogen-bond acceptors (Lipinski definition) is 1. The number of H-pyrrole nitrogens is 1. The molecule has 0 saturated carbocycles. The topological polar surface area (TPSA) is 32.9 Å². The SMILES string of the molecule is Cc1c(-c2cccc3ccccc23)[nH]c2ccccc2c1=O. The maximum absolute atomic E-state index is 12.6. The minimum atomic E-state index is 0.0947. The van der Waals surface area contributed by atoms with Gasteiger partial charge in [0, 0.05) is 22.0 Å². The van der Waals surface area contributed by atoms with Gasteiger partial charge in [-0.3, -0.25) is 4.79 Å². The van der Waals surface area contributed by atoms with Crippen molar-refractivity contribution in [2.75, 3.05) is 0 Å². The lowest BCUT2D eigenvalue weighted by Crippen LogP contribution is -2.09. The summed E-state index contributed by atoms with van der Waals surface area (Å²) >= 11 is 0. The second-order valence-electron chi connectivity index (χ2n) is 5.53. The van der Waals surface area contributed by atoms with Gasteiger partial charge in [-0.05, 0) is 29.8 Å². The van der Waals surface area contributed by atoms with E-state index in [2.05, 4.69) is 29.2 Å². The quantitative estimate of drug-likeness (QED) is 0.542. The maximum atomic E-state index is 12.6. The Morgan fingerprint density at radius 1 is 0.773 bits per heavy atom. The van der Waals surface area contributed by atoms with Gasteiger partial charge < -0.3 is 4.98 Å². The third kappa shape index (κ3) is 1.85. The minimum Gasteiger partial charge on any atom is -0.354 e. The van der Waals surface area contributed by atoms with Crippen molar-refractivity contribution in [1.82, 2.24) is 4.98 Å². The number of hydrogen-bond donors (Lipinski definition) is 1. The van der Waals surface area contributed by atoms with Crippen molar-refractivity contribution in [3.63, 3.8) is 0 Å². The molecular weight excluding hydrogens is 270 g/mol. The molecule has 2 nitrogen and oxygen atoms in total. The number of rotatable bonds is 1. The molecule has 22 heavy (non-hydrogen) atoms. The first kappa shape index (κ1) is 12.8. The third-order valence-corrected chi connectivity index (χ3v) is 4.21. The lowest BCUT2D eigenvalue weighted by atomic mass is 9.98. The molecule has 0 aliphatic rings. The zero-order valence-electron chi connectivity index (χ0n) is 12.3. The molecule has 3 aromatic carbocycles. The van der Waals surface area contributed by atoms with Crippen molar-refractivity contribution < 1.29 is 0 Å². The van der Waals surface area contributed by atoms with E-state index in [1.807, 2.05) is 49.4 Å². The summed E-state index contributed by atoms with van der Waals surface area (Å²) in [4.78, 5) is 16.1. The molecule has 4 rings (SSSR count). The predicted octanol–water partition coefficient (Wildman–Crippen LogP) is 4.66. The average Bonchev–Trinajstić information content (AvgIpc) is 2.58. The van der Waals surface area contributed by atoms with Crippen LogP contribution in [0.4, 0.5) is 0 Å². The van der Waals surface area contributed by atoms with Gasteiger partial charge in [0.05, 0.1) is 5.69 Å². The molecular formula is C20H15NO. The Morgan fingerprint density at radius 3 is 2.32 bits per heavy atom. The van der Waals surface area contributed by atoms with Gasteiger partial charge in [-0.1, -0.05) is 54.6 Å². The Balaban J connectivity index is 2.13. The number of aromatic nitrogens is 1.